The van der Waals surface area contributed by atoms with Gasteiger partial charge in [-0.15, -0.1) is 11.3 Å². The van der Waals surface area contributed by atoms with E-state index in [1.54, 1.807) is 29.5 Å². The van der Waals surface area contributed by atoms with Crippen LogP contribution in [0.5, 0.6) is 0 Å². The minimum absolute atomic E-state index is 0.0445. The quantitative estimate of drug-likeness (QED) is 0.689. The number of hydrogen-bond donors (Lipinski definition) is 0. The fourth-order valence-corrected chi connectivity index (χ4v) is 4.65. The molecular formula is C19H20N4O2S. The Hall–Kier alpha value is -2.54. The second-order valence-corrected chi connectivity index (χ2v) is 8.28. The van der Waals surface area contributed by atoms with Gasteiger partial charge >= 0.3 is 0 Å². The number of pyridine rings is 1. The molecule has 1 amide bonds. The second-order valence-electron chi connectivity index (χ2n) is 7.33. The van der Waals surface area contributed by atoms with Crippen LogP contribution in [0.2, 0.25) is 0 Å². The molecule has 0 unspecified atom stereocenters. The van der Waals surface area contributed by atoms with Crippen LogP contribution in [0.3, 0.4) is 0 Å². The van der Waals surface area contributed by atoms with Gasteiger partial charge < -0.3 is 9.42 Å². The van der Waals surface area contributed by atoms with E-state index < -0.39 is 5.41 Å². The fraction of sp³-hybridized carbons (Fsp3) is 0.368. The highest BCUT2D eigenvalue weighted by molar-refractivity contribution is 7.10. The highest BCUT2D eigenvalue weighted by atomic mass is 32.1. The summed E-state index contributed by atoms with van der Waals surface area (Å²) in [5, 5.41) is 5.99. The topological polar surface area (TPSA) is 72.1 Å². The summed E-state index contributed by atoms with van der Waals surface area (Å²) in [6.45, 7) is 4.57. The van der Waals surface area contributed by atoms with E-state index in [2.05, 4.69) is 35.0 Å². The summed E-state index contributed by atoms with van der Waals surface area (Å²) in [7, 11) is 1.79. The summed E-state index contributed by atoms with van der Waals surface area (Å²) in [5.74, 6) is 0.935. The Kier molecular flexibility index (Phi) is 3.91. The van der Waals surface area contributed by atoms with Gasteiger partial charge in [0.15, 0.2) is 0 Å². The lowest BCUT2D eigenvalue weighted by Crippen LogP contribution is -2.38. The first-order chi connectivity index (χ1) is 12.4. The molecule has 0 radical (unpaired) electrons. The zero-order valence-electron chi connectivity index (χ0n) is 15.0. The lowest BCUT2D eigenvalue weighted by atomic mass is 9.92. The van der Waals surface area contributed by atoms with Crippen molar-refractivity contribution in [3.63, 3.8) is 0 Å². The van der Waals surface area contributed by atoms with Crippen LogP contribution in [0.4, 0.5) is 0 Å². The monoisotopic (exact) mass is 368 g/mol. The van der Waals surface area contributed by atoms with Gasteiger partial charge in [-0.05, 0) is 35.4 Å². The molecule has 3 aromatic rings. The summed E-state index contributed by atoms with van der Waals surface area (Å²) in [6.07, 6.45) is 2.54. The van der Waals surface area contributed by atoms with Gasteiger partial charge in [-0.25, -0.2) is 0 Å². The number of rotatable bonds is 5. The van der Waals surface area contributed by atoms with Gasteiger partial charge in [0.25, 0.3) is 0 Å². The predicted molar refractivity (Wildman–Crippen MR) is 98.4 cm³/mol. The summed E-state index contributed by atoms with van der Waals surface area (Å²) >= 11 is 1.64. The van der Waals surface area contributed by atoms with Crippen LogP contribution in [-0.4, -0.2) is 33.0 Å². The molecule has 26 heavy (non-hydrogen) atoms. The van der Waals surface area contributed by atoms with E-state index in [1.165, 1.54) is 0 Å². The van der Waals surface area contributed by atoms with Crippen molar-refractivity contribution in [1.29, 1.82) is 0 Å². The first-order valence-corrected chi connectivity index (χ1v) is 9.35. The Morgan fingerprint density at radius 2 is 2.12 bits per heavy atom. The van der Waals surface area contributed by atoms with Crippen molar-refractivity contribution in [2.45, 2.75) is 32.2 Å². The largest absolute Gasteiger partial charge is 0.337 e. The van der Waals surface area contributed by atoms with E-state index in [9.17, 15) is 4.79 Å². The number of carbonyl (C=O) groups is 1. The molecule has 3 heterocycles. The molecular weight excluding hydrogens is 348 g/mol. The minimum Gasteiger partial charge on any atom is -0.337 e. The van der Waals surface area contributed by atoms with Crippen molar-refractivity contribution in [3.05, 3.63) is 52.7 Å². The third-order valence-corrected chi connectivity index (χ3v) is 6.16. The van der Waals surface area contributed by atoms with Crippen LogP contribution in [-0.2, 0) is 16.8 Å². The van der Waals surface area contributed by atoms with Gasteiger partial charge in [0.1, 0.15) is 5.69 Å². The van der Waals surface area contributed by atoms with Gasteiger partial charge in [-0.2, -0.15) is 4.98 Å². The van der Waals surface area contributed by atoms with Gasteiger partial charge in [-0.1, -0.05) is 31.1 Å². The van der Waals surface area contributed by atoms with Gasteiger partial charge in [-0.3, -0.25) is 9.78 Å². The Morgan fingerprint density at radius 1 is 1.31 bits per heavy atom. The van der Waals surface area contributed by atoms with Crippen molar-refractivity contribution in [2.75, 3.05) is 7.05 Å². The smallest absolute Gasteiger partial charge is 0.246 e. The van der Waals surface area contributed by atoms with Crippen LogP contribution >= 0.6 is 11.3 Å². The van der Waals surface area contributed by atoms with Gasteiger partial charge in [0, 0.05) is 18.1 Å². The molecule has 0 N–H and O–H groups in total. The first kappa shape index (κ1) is 16.9. The average Bonchev–Trinajstić information content (AvgIpc) is 3.08. The Labute approximate surface area is 155 Å². The maximum Gasteiger partial charge on any atom is 0.246 e. The fourth-order valence-electron chi connectivity index (χ4n) is 3.55. The molecule has 1 fully saturated rings. The van der Waals surface area contributed by atoms with Crippen molar-refractivity contribution < 1.29 is 9.32 Å². The van der Waals surface area contributed by atoms with E-state index in [4.69, 9.17) is 4.52 Å². The molecule has 7 heteroatoms. The Bertz CT molecular complexity index is 920. The highest BCUT2D eigenvalue weighted by Crippen LogP contribution is 2.66. The number of hydrogen-bond acceptors (Lipinski definition) is 6. The average molecular weight is 368 g/mol. The summed E-state index contributed by atoms with van der Waals surface area (Å²) in [5.41, 5.74) is 0.159. The summed E-state index contributed by atoms with van der Waals surface area (Å²) in [4.78, 5) is 24.6. The normalized spacial score (nSPS) is 20.7. The van der Waals surface area contributed by atoms with E-state index in [0.29, 0.717) is 17.4 Å². The van der Waals surface area contributed by atoms with E-state index >= 15 is 0 Å². The molecule has 4 rings (SSSR count). The molecule has 1 aliphatic carbocycles. The van der Waals surface area contributed by atoms with Gasteiger partial charge in [0.05, 0.1) is 12.0 Å². The second kappa shape index (κ2) is 6.02. The van der Waals surface area contributed by atoms with Crippen molar-refractivity contribution in [2.24, 2.45) is 5.41 Å². The number of amides is 1. The van der Waals surface area contributed by atoms with Crippen molar-refractivity contribution >= 4 is 17.2 Å². The predicted octanol–water partition coefficient (Wildman–Crippen LogP) is 3.52. The molecule has 1 aliphatic rings. The van der Waals surface area contributed by atoms with Crippen LogP contribution < -0.4 is 0 Å². The maximum atomic E-state index is 13.3. The lowest BCUT2D eigenvalue weighted by Gasteiger charge is -2.24. The molecule has 134 valence electrons. The third kappa shape index (κ3) is 2.63. The zero-order chi connectivity index (χ0) is 18.4. The van der Waals surface area contributed by atoms with Crippen LogP contribution in [0.1, 0.15) is 31.0 Å². The molecule has 1 atom stereocenters. The molecule has 0 aliphatic heterocycles. The number of likely N-dealkylation sites (N-methyl/N-ethyl adjacent to an activating group) is 1. The molecule has 0 aromatic carbocycles. The molecule has 3 aromatic heterocycles. The Morgan fingerprint density at radius 3 is 2.73 bits per heavy atom. The minimum atomic E-state index is -0.445. The molecule has 6 nitrogen and oxygen atoms in total. The number of aromatic nitrogens is 3. The van der Waals surface area contributed by atoms with Crippen LogP contribution in [0, 0.1) is 5.41 Å². The maximum absolute atomic E-state index is 13.3. The van der Waals surface area contributed by atoms with Crippen molar-refractivity contribution in [3.8, 4) is 11.5 Å². The SMILES string of the molecule is CN(Cc1nc(-c2ccccn2)no1)C(=O)[C@]1(c2cccs2)CC1(C)C. The number of thiophene rings is 1. The summed E-state index contributed by atoms with van der Waals surface area (Å²) < 4.78 is 5.32. The lowest BCUT2D eigenvalue weighted by molar-refractivity contribution is -0.134. The molecule has 0 spiro atoms. The highest BCUT2D eigenvalue weighted by Gasteiger charge is 2.68. The molecule has 0 saturated heterocycles. The van der Waals surface area contributed by atoms with E-state index in [0.717, 1.165) is 11.3 Å². The summed E-state index contributed by atoms with van der Waals surface area (Å²) in [6, 6.07) is 9.58. The van der Waals surface area contributed by atoms with Crippen molar-refractivity contribution in [1.82, 2.24) is 20.0 Å². The van der Waals surface area contributed by atoms with E-state index in [1.807, 2.05) is 29.6 Å². The third-order valence-electron chi connectivity index (χ3n) is 5.13. The Balaban J connectivity index is 1.53. The number of nitrogens with zero attached hydrogens (tertiary/aromatic N) is 4. The first-order valence-electron chi connectivity index (χ1n) is 8.48. The van der Waals surface area contributed by atoms with Crippen LogP contribution in [0.15, 0.2) is 46.4 Å². The van der Waals surface area contributed by atoms with E-state index in [-0.39, 0.29) is 17.9 Å². The van der Waals surface area contributed by atoms with Crippen LogP contribution in [0.25, 0.3) is 11.5 Å². The molecule has 1 saturated carbocycles. The standard InChI is InChI=1S/C19H20N4O2S/c1-18(2)12-19(18,14-8-6-10-26-14)17(24)23(3)11-15-21-16(22-25-15)13-7-4-5-9-20-13/h4-10H,11-12H2,1-3H3/t19-/m1/s1. The zero-order valence-corrected chi connectivity index (χ0v) is 15.8. The number of carbonyl (C=O) groups excluding carboxylic acids is 1. The van der Waals surface area contributed by atoms with Gasteiger partial charge in [0.2, 0.25) is 17.6 Å². The molecule has 0 bridgehead atoms.